The van der Waals surface area contributed by atoms with E-state index < -0.39 is 0 Å². The fourth-order valence-electron chi connectivity index (χ4n) is 2.77. The second kappa shape index (κ2) is 3.82. The van der Waals surface area contributed by atoms with E-state index in [0.717, 1.165) is 6.67 Å². The number of pyridine rings is 1. The molecule has 2 aromatic heterocycles. The highest BCUT2D eigenvalue weighted by Gasteiger charge is 2.17. The first kappa shape index (κ1) is 10.1. The maximum Gasteiger partial charge on any atom is 0.0757 e. The van der Waals surface area contributed by atoms with Crippen molar-refractivity contribution in [2.24, 2.45) is 0 Å². The van der Waals surface area contributed by atoms with E-state index >= 15 is 0 Å². The fourth-order valence-corrected chi connectivity index (χ4v) is 2.77. The number of benzene rings is 1. The first-order chi connectivity index (χ1) is 8.93. The summed E-state index contributed by atoms with van der Waals surface area (Å²) >= 11 is 0. The van der Waals surface area contributed by atoms with Gasteiger partial charge in [0.25, 0.3) is 0 Å². The van der Waals surface area contributed by atoms with E-state index in [0.29, 0.717) is 0 Å². The van der Waals surface area contributed by atoms with Crippen LogP contribution in [0.5, 0.6) is 0 Å². The minimum atomic E-state index is 0.994. The van der Waals surface area contributed by atoms with E-state index in [4.69, 9.17) is 0 Å². The molecule has 3 heteroatoms. The molecule has 0 spiro atoms. The zero-order valence-corrected chi connectivity index (χ0v) is 10.2. The standard InChI is InChI=1S/C15H15N3/c1-2-5-14-12(4-1)13-10-16-7-6-15(13)18(14)11-17-8-3-9-17/h1-2,4-7,10H,3,8-9,11H2. The molecule has 3 aromatic rings. The summed E-state index contributed by atoms with van der Waals surface area (Å²) in [6, 6.07) is 10.7. The van der Waals surface area contributed by atoms with Gasteiger partial charge in [-0.25, -0.2) is 0 Å². The van der Waals surface area contributed by atoms with Gasteiger partial charge in [0.2, 0.25) is 0 Å². The maximum absolute atomic E-state index is 4.26. The predicted octanol–water partition coefficient (Wildman–Crippen LogP) is 2.85. The lowest BCUT2D eigenvalue weighted by atomic mass is 10.2. The Morgan fingerprint density at radius 2 is 1.83 bits per heavy atom. The highest BCUT2D eigenvalue weighted by molar-refractivity contribution is 6.07. The third-order valence-corrected chi connectivity index (χ3v) is 3.86. The van der Waals surface area contributed by atoms with Crippen molar-refractivity contribution < 1.29 is 0 Å². The van der Waals surface area contributed by atoms with Gasteiger partial charge in [-0.3, -0.25) is 9.88 Å². The molecule has 3 nitrogen and oxygen atoms in total. The van der Waals surface area contributed by atoms with Gasteiger partial charge in [0, 0.05) is 36.3 Å². The van der Waals surface area contributed by atoms with E-state index in [1.807, 2.05) is 12.4 Å². The summed E-state index contributed by atoms with van der Waals surface area (Å²) < 4.78 is 2.41. The molecule has 3 heterocycles. The topological polar surface area (TPSA) is 21.1 Å². The molecular weight excluding hydrogens is 222 g/mol. The summed E-state index contributed by atoms with van der Waals surface area (Å²) in [7, 11) is 0. The van der Waals surface area contributed by atoms with Crippen molar-refractivity contribution in [2.75, 3.05) is 13.1 Å². The monoisotopic (exact) mass is 237 g/mol. The zero-order valence-electron chi connectivity index (χ0n) is 10.2. The van der Waals surface area contributed by atoms with Crippen molar-refractivity contribution in [1.29, 1.82) is 0 Å². The summed E-state index contributed by atoms with van der Waals surface area (Å²) in [6.07, 6.45) is 5.19. The lowest BCUT2D eigenvalue weighted by Gasteiger charge is -2.31. The maximum atomic E-state index is 4.26. The Morgan fingerprint density at radius 3 is 2.67 bits per heavy atom. The summed E-state index contributed by atoms with van der Waals surface area (Å²) in [5.74, 6) is 0. The summed E-state index contributed by atoms with van der Waals surface area (Å²) in [4.78, 5) is 6.74. The third kappa shape index (κ3) is 1.37. The summed E-state index contributed by atoms with van der Waals surface area (Å²) in [5.41, 5.74) is 2.60. The molecule has 4 rings (SSSR count). The van der Waals surface area contributed by atoms with Crippen LogP contribution < -0.4 is 0 Å². The van der Waals surface area contributed by atoms with E-state index in [9.17, 15) is 0 Å². The second-order valence-corrected chi connectivity index (χ2v) is 4.95. The van der Waals surface area contributed by atoms with Gasteiger partial charge in [-0.15, -0.1) is 0 Å². The van der Waals surface area contributed by atoms with Crippen molar-refractivity contribution in [1.82, 2.24) is 14.5 Å². The summed E-state index contributed by atoms with van der Waals surface area (Å²) in [5, 5.41) is 2.56. The molecule has 0 bridgehead atoms. The van der Waals surface area contributed by atoms with E-state index in [1.165, 1.54) is 41.3 Å². The molecule has 1 aliphatic rings. The number of hydrogen-bond acceptors (Lipinski definition) is 2. The van der Waals surface area contributed by atoms with Crippen LogP contribution in [0.15, 0.2) is 42.7 Å². The molecule has 90 valence electrons. The van der Waals surface area contributed by atoms with Crippen molar-refractivity contribution in [3.63, 3.8) is 0 Å². The lowest BCUT2D eigenvalue weighted by molar-refractivity contribution is 0.141. The van der Waals surface area contributed by atoms with Gasteiger partial charge in [-0.1, -0.05) is 18.2 Å². The number of aromatic nitrogens is 2. The average Bonchev–Trinajstić information content (AvgIpc) is 2.69. The molecule has 0 unspecified atom stereocenters. The smallest absolute Gasteiger partial charge is 0.0757 e. The van der Waals surface area contributed by atoms with Gasteiger partial charge >= 0.3 is 0 Å². The highest BCUT2D eigenvalue weighted by atomic mass is 15.3. The van der Waals surface area contributed by atoms with E-state index in [-0.39, 0.29) is 0 Å². The Balaban J connectivity index is 2.00. The Morgan fingerprint density at radius 1 is 1.00 bits per heavy atom. The molecule has 1 fully saturated rings. The van der Waals surface area contributed by atoms with Crippen LogP contribution in [0.2, 0.25) is 0 Å². The number of rotatable bonds is 2. The Bertz CT molecular complexity index is 657. The number of fused-ring (bicyclic) bond motifs is 3. The van der Waals surface area contributed by atoms with Crippen LogP contribution in [0.1, 0.15) is 6.42 Å². The van der Waals surface area contributed by atoms with Crippen LogP contribution in [0, 0.1) is 0 Å². The van der Waals surface area contributed by atoms with Gasteiger partial charge in [0.05, 0.1) is 17.7 Å². The van der Waals surface area contributed by atoms with Crippen LogP contribution in [-0.4, -0.2) is 27.5 Å². The fraction of sp³-hybridized carbons (Fsp3) is 0.267. The van der Waals surface area contributed by atoms with Crippen LogP contribution in [0.3, 0.4) is 0 Å². The SMILES string of the molecule is c1ccc2c(c1)c1cnccc1n2CN1CCC1. The van der Waals surface area contributed by atoms with Crippen molar-refractivity contribution in [3.05, 3.63) is 42.7 Å². The number of likely N-dealkylation sites (tertiary alicyclic amines) is 1. The third-order valence-electron chi connectivity index (χ3n) is 3.86. The predicted molar refractivity (Wildman–Crippen MR) is 73.4 cm³/mol. The largest absolute Gasteiger partial charge is 0.327 e. The van der Waals surface area contributed by atoms with Crippen LogP contribution >= 0.6 is 0 Å². The van der Waals surface area contributed by atoms with Crippen molar-refractivity contribution >= 4 is 21.8 Å². The average molecular weight is 237 g/mol. The van der Waals surface area contributed by atoms with Gasteiger partial charge in [-0.05, 0) is 18.6 Å². The molecule has 1 aromatic carbocycles. The quantitative estimate of drug-likeness (QED) is 0.683. The van der Waals surface area contributed by atoms with Gasteiger partial charge < -0.3 is 4.57 Å². The Labute approximate surface area is 106 Å². The van der Waals surface area contributed by atoms with Crippen LogP contribution in [0.4, 0.5) is 0 Å². The second-order valence-electron chi connectivity index (χ2n) is 4.95. The van der Waals surface area contributed by atoms with E-state index in [1.54, 1.807) is 0 Å². The molecular formula is C15H15N3. The summed E-state index contributed by atoms with van der Waals surface area (Å²) in [6.45, 7) is 3.44. The molecule has 0 atom stereocenters. The lowest BCUT2D eigenvalue weighted by Crippen LogP contribution is -2.38. The first-order valence-corrected chi connectivity index (χ1v) is 6.47. The molecule has 18 heavy (non-hydrogen) atoms. The molecule has 1 aliphatic heterocycles. The number of nitrogens with zero attached hydrogens (tertiary/aromatic N) is 3. The van der Waals surface area contributed by atoms with Gasteiger partial charge in [0.1, 0.15) is 0 Å². The van der Waals surface area contributed by atoms with Crippen molar-refractivity contribution in [2.45, 2.75) is 13.1 Å². The Kier molecular flexibility index (Phi) is 2.14. The molecule has 0 N–H and O–H groups in total. The molecule has 1 saturated heterocycles. The molecule has 0 amide bonds. The highest BCUT2D eigenvalue weighted by Crippen LogP contribution is 2.28. The van der Waals surface area contributed by atoms with Crippen LogP contribution in [-0.2, 0) is 6.67 Å². The van der Waals surface area contributed by atoms with E-state index in [2.05, 4.69) is 44.8 Å². The minimum Gasteiger partial charge on any atom is -0.327 e. The number of para-hydroxylation sites is 1. The van der Waals surface area contributed by atoms with Gasteiger partial charge in [-0.2, -0.15) is 0 Å². The van der Waals surface area contributed by atoms with Crippen LogP contribution in [0.25, 0.3) is 21.8 Å². The van der Waals surface area contributed by atoms with Crippen molar-refractivity contribution in [3.8, 4) is 0 Å². The zero-order chi connectivity index (χ0) is 11.9. The normalized spacial score (nSPS) is 16.2. The molecule has 0 radical (unpaired) electrons. The molecule has 0 saturated carbocycles. The molecule has 0 aliphatic carbocycles. The Hall–Kier alpha value is -1.87. The first-order valence-electron chi connectivity index (χ1n) is 6.47. The minimum absolute atomic E-state index is 0.994. The number of hydrogen-bond donors (Lipinski definition) is 0. The van der Waals surface area contributed by atoms with Gasteiger partial charge in [0.15, 0.2) is 0 Å².